The summed E-state index contributed by atoms with van der Waals surface area (Å²) >= 11 is 0. The van der Waals surface area contributed by atoms with Crippen LogP contribution in [-0.2, 0) is 19.5 Å². The lowest BCUT2D eigenvalue weighted by Gasteiger charge is -2.15. The second kappa shape index (κ2) is 8.01. The molecule has 1 aromatic heterocycles. The number of rotatable bonds is 8. The SMILES string of the molecule is CCNCCc1ccc(CN(C)Cc2ccc(C)o2)cc1. The van der Waals surface area contributed by atoms with Gasteiger partial charge in [-0.25, -0.2) is 0 Å². The molecule has 0 unspecified atom stereocenters. The van der Waals surface area contributed by atoms with E-state index in [2.05, 4.69) is 54.5 Å². The van der Waals surface area contributed by atoms with Crippen molar-refractivity contribution in [2.75, 3.05) is 20.1 Å². The van der Waals surface area contributed by atoms with E-state index in [9.17, 15) is 0 Å². The zero-order chi connectivity index (χ0) is 15.1. The molecule has 0 fully saturated rings. The van der Waals surface area contributed by atoms with Gasteiger partial charge in [0.05, 0.1) is 6.54 Å². The first-order chi connectivity index (χ1) is 10.2. The maximum absolute atomic E-state index is 5.62. The third kappa shape index (κ3) is 5.37. The Balaban J connectivity index is 1.82. The maximum atomic E-state index is 5.62. The lowest BCUT2D eigenvalue weighted by molar-refractivity contribution is 0.285. The van der Waals surface area contributed by atoms with Crippen molar-refractivity contribution in [2.45, 2.75) is 33.4 Å². The van der Waals surface area contributed by atoms with Crippen molar-refractivity contribution in [3.8, 4) is 0 Å². The van der Waals surface area contributed by atoms with E-state index in [1.807, 2.05) is 13.0 Å². The number of hydrogen-bond acceptors (Lipinski definition) is 3. The number of nitrogens with one attached hydrogen (secondary N) is 1. The highest BCUT2D eigenvalue weighted by Crippen LogP contribution is 2.12. The first kappa shape index (κ1) is 15.8. The van der Waals surface area contributed by atoms with E-state index < -0.39 is 0 Å². The molecule has 0 aliphatic heterocycles. The second-order valence-electron chi connectivity index (χ2n) is 5.60. The van der Waals surface area contributed by atoms with Gasteiger partial charge in [-0.05, 0) is 56.7 Å². The molecule has 0 spiro atoms. The molecule has 0 aliphatic carbocycles. The summed E-state index contributed by atoms with van der Waals surface area (Å²) in [6.45, 7) is 7.99. The van der Waals surface area contributed by atoms with Crippen molar-refractivity contribution in [1.29, 1.82) is 0 Å². The van der Waals surface area contributed by atoms with Crippen LogP contribution in [0.3, 0.4) is 0 Å². The van der Waals surface area contributed by atoms with Gasteiger partial charge in [0.2, 0.25) is 0 Å². The predicted octanol–water partition coefficient (Wildman–Crippen LogP) is 3.37. The molecule has 1 aromatic carbocycles. The summed E-state index contributed by atoms with van der Waals surface area (Å²) in [5.41, 5.74) is 2.73. The topological polar surface area (TPSA) is 28.4 Å². The minimum absolute atomic E-state index is 0.843. The highest BCUT2D eigenvalue weighted by molar-refractivity contribution is 5.22. The molecular formula is C18H26N2O. The molecule has 21 heavy (non-hydrogen) atoms. The molecule has 2 aromatic rings. The van der Waals surface area contributed by atoms with Gasteiger partial charge in [0.25, 0.3) is 0 Å². The van der Waals surface area contributed by atoms with Gasteiger partial charge < -0.3 is 9.73 Å². The molecule has 0 aliphatic rings. The fourth-order valence-corrected chi connectivity index (χ4v) is 2.42. The number of benzene rings is 1. The van der Waals surface area contributed by atoms with Gasteiger partial charge in [-0.15, -0.1) is 0 Å². The summed E-state index contributed by atoms with van der Waals surface area (Å²) in [5.74, 6) is 2.00. The zero-order valence-electron chi connectivity index (χ0n) is 13.4. The molecule has 3 nitrogen and oxygen atoms in total. The molecule has 0 saturated carbocycles. The van der Waals surface area contributed by atoms with Crippen LogP contribution in [0.25, 0.3) is 0 Å². The Hall–Kier alpha value is -1.58. The Morgan fingerprint density at radius 1 is 1.00 bits per heavy atom. The van der Waals surface area contributed by atoms with Crippen molar-refractivity contribution >= 4 is 0 Å². The normalized spacial score (nSPS) is 11.2. The first-order valence-corrected chi connectivity index (χ1v) is 7.69. The van der Waals surface area contributed by atoms with Gasteiger partial charge in [-0.2, -0.15) is 0 Å². The highest BCUT2D eigenvalue weighted by Gasteiger charge is 2.05. The number of likely N-dealkylation sites (N-methyl/N-ethyl adjacent to an activating group) is 1. The monoisotopic (exact) mass is 286 g/mol. The van der Waals surface area contributed by atoms with E-state index in [1.54, 1.807) is 0 Å². The van der Waals surface area contributed by atoms with Crippen LogP contribution in [0.4, 0.5) is 0 Å². The van der Waals surface area contributed by atoms with Gasteiger partial charge >= 0.3 is 0 Å². The molecule has 2 rings (SSSR count). The minimum atomic E-state index is 0.843. The summed E-state index contributed by atoms with van der Waals surface area (Å²) in [5, 5.41) is 3.35. The largest absolute Gasteiger partial charge is 0.465 e. The number of furan rings is 1. The fraction of sp³-hybridized carbons (Fsp3) is 0.444. The fourth-order valence-electron chi connectivity index (χ4n) is 2.42. The van der Waals surface area contributed by atoms with E-state index in [4.69, 9.17) is 4.42 Å². The predicted molar refractivity (Wildman–Crippen MR) is 87.3 cm³/mol. The lowest BCUT2D eigenvalue weighted by atomic mass is 10.1. The van der Waals surface area contributed by atoms with Gasteiger partial charge in [0, 0.05) is 6.54 Å². The summed E-state index contributed by atoms with van der Waals surface area (Å²) < 4.78 is 5.62. The molecule has 114 valence electrons. The van der Waals surface area contributed by atoms with Gasteiger partial charge in [-0.3, -0.25) is 4.90 Å². The zero-order valence-corrected chi connectivity index (χ0v) is 13.4. The third-order valence-electron chi connectivity index (χ3n) is 3.54. The smallest absolute Gasteiger partial charge is 0.118 e. The van der Waals surface area contributed by atoms with Gasteiger partial charge in [0.15, 0.2) is 0 Å². The van der Waals surface area contributed by atoms with E-state index in [-0.39, 0.29) is 0 Å². The van der Waals surface area contributed by atoms with Crippen LogP contribution >= 0.6 is 0 Å². The summed E-state index contributed by atoms with van der Waals surface area (Å²) in [6, 6.07) is 13.0. The molecule has 0 radical (unpaired) electrons. The van der Waals surface area contributed by atoms with Crippen molar-refractivity contribution in [3.05, 3.63) is 59.0 Å². The third-order valence-corrected chi connectivity index (χ3v) is 3.54. The average molecular weight is 286 g/mol. The molecule has 1 heterocycles. The Kier molecular flexibility index (Phi) is 6.03. The molecule has 0 bridgehead atoms. The Labute approximate surface area is 128 Å². The van der Waals surface area contributed by atoms with E-state index >= 15 is 0 Å². The van der Waals surface area contributed by atoms with Crippen LogP contribution in [0.2, 0.25) is 0 Å². The molecule has 3 heteroatoms. The van der Waals surface area contributed by atoms with Crippen LogP contribution in [0, 0.1) is 6.92 Å². The van der Waals surface area contributed by atoms with Gasteiger partial charge in [-0.1, -0.05) is 31.2 Å². The number of nitrogens with zero attached hydrogens (tertiary/aromatic N) is 1. The van der Waals surface area contributed by atoms with E-state index in [0.29, 0.717) is 0 Å². The summed E-state index contributed by atoms with van der Waals surface area (Å²) in [7, 11) is 2.12. The Morgan fingerprint density at radius 2 is 1.71 bits per heavy atom. The first-order valence-electron chi connectivity index (χ1n) is 7.69. The van der Waals surface area contributed by atoms with Gasteiger partial charge in [0.1, 0.15) is 11.5 Å². The maximum Gasteiger partial charge on any atom is 0.118 e. The van der Waals surface area contributed by atoms with Crippen LogP contribution in [-0.4, -0.2) is 25.0 Å². The Morgan fingerprint density at radius 3 is 2.33 bits per heavy atom. The van der Waals surface area contributed by atoms with Crippen LogP contribution in [0.5, 0.6) is 0 Å². The molecule has 0 atom stereocenters. The average Bonchev–Trinajstić information content (AvgIpc) is 2.86. The summed E-state index contributed by atoms with van der Waals surface area (Å²) in [4.78, 5) is 2.27. The number of hydrogen-bond donors (Lipinski definition) is 1. The quantitative estimate of drug-likeness (QED) is 0.754. The molecular weight excluding hydrogens is 260 g/mol. The lowest BCUT2D eigenvalue weighted by Crippen LogP contribution is -2.17. The van der Waals surface area contributed by atoms with Crippen molar-refractivity contribution in [3.63, 3.8) is 0 Å². The second-order valence-corrected chi connectivity index (χ2v) is 5.60. The van der Waals surface area contributed by atoms with Crippen LogP contribution < -0.4 is 5.32 Å². The van der Waals surface area contributed by atoms with E-state index in [0.717, 1.165) is 44.1 Å². The highest BCUT2D eigenvalue weighted by atomic mass is 16.3. The molecule has 0 saturated heterocycles. The number of aryl methyl sites for hydroxylation is 1. The molecule has 1 N–H and O–H groups in total. The van der Waals surface area contributed by atoms with Crippen LogP contribution in [0.15, 0.2) is 40.8 Å². The summed E-state index contributed by atoms with van der Waals surface area (Å²) in [6.07, 6.45) is 1.09. The molecule has 0 amide bonds. The Bertz CT molecular complexity index is 530. The van der Waals surface area contributed by atoms with Crippen molar-refractivity contribution in [2.24, 2.45) is 0 Å². The van der Waals surface area contributed by atoms with Crippen molar-refractivity contribution < 1.29 is 4.42 Å². The minimum Gasteiger partial charge on any atom is -0.465 e. The van der Waals surface area contributed by atoms with Crippen molar-refractivity contribution in [1.82, 2.24) is 10.2 Å². The standard InChI is InChI=1S/C18H26N2O/c1-4-19-12-11-16-6-8-17(9-7-16)13-20(3)14-18-10-5-15(2)21-18/h5-10,19H,4,11-14H2,1-3H3. The van der Waals surface area contributed by atoms with Crippen LogP contribution in [0.1, 0.15) is 29.6 Å². The van der Waals surface area contributed by atoms with E-state index in [1.165, 1.54) is 11.1 Å².